The summed E-state index contributed by atoms with van der Waals surface area (Å²) in [5.74, 6) is 0.962. The maximum Gasteiger partial charge on any atom is 0.309 e. The maximum atomic E-state index is 11.7. The molecule has 1 fully saturated rings. The van der Waals surface area contributed by atoms with Crippen molar-refractivity contribution in [2.45, 2.75) is 25.4 Å². The largest absolute Gasteiger partial charge is 0.466 e. The molecule has 2 aromatic carbocycles. The van der Waals surface area contributed by atoms with Gasteiger partial charge in [0.05, 0.1) is 18.1 Å². The fourth-order valence-electron chi connectivity index (χ4n) is 2.89. The number of hydrogen-bond acceptors (Lipinski definition) is 4. The molecule has 120 valence electrons. The van der Waals surface area contributed by atoms with Gasteiger partial charge in [0.25, 0.3) is 0 Å². The van der Waals surface area contributed by atoms with Gasteiger partial charge in [0, 0.05) is 0 Å². The summed E-state index contributed by atoms with van der Waals surface area (Å²) < 4.78 is 10.8. The van der Waals surface area contributed by atoms with E-state index in [0.717, 1.165) is 11.3 Å². The highest BCUT2D eigenvalue weighted by atomic mass is 16.5. The molecule has 0 atom stereocenters. The molecule has 0 amide bonds. The summed E-state index contributed by atoms with van der Waals surface area (Å²) >= 11 is 0. The van der Waals surface area contributed by atoms with Crippen LogP contribution in [0.5, 0.6) is 11.5 Å². The van der Waals surface area contributed by atoms with Gasteiger partial charge < -0.3 is 14.6 Å². The Morgan fingerprint density at radius 1 is 1.13 bits per heavy atom. The third-order valence-electron chi connectivity index (χ3n) is 4.14. The molecule has 0 unspecified atom stereocenters. The van der Waals surface area contributed by atoms with Gasteiger partial charge >= 0.3 is 5.97 Å². The average Bonchev–Trinajstić information content (AvgIpc) is 2.53. The Morgan fingerprint density at radius 3 is 2.52 bits per heavy atom. The van der Waals surface area contributed by atoms with Crippen LogP contribution in [0.4, 0.5) is 0 Å². The first-order valence-electron chi connectivity index (χ1n) is 7.83. The summed E-state index contributed by atoms with van der Waals surface area (Å²) in [6.07, 6.45) is 0.779. The second-order valence-corrected chi connectivity index (χ2v) is 5.83. The molecule has 0 radical (unpaired) electrons. The van der Waals surface area contributed by atoms with Crippen LogP contribution in [0.1, 0.15) is 25.3 Å². The zero-order valence-electron chi connectivity index (χ0n) is 13.1. The number of rotatable bonds is 5. The lowest BCUT2D eigenvalue weighted by Gasteiger charge is -2.42. The molecule has 1 aliphatic carbocycles. The van der Waals surface area contributed by atoms with Gasteiger partial charge in [-0.2, -0.15) is 0 Å². The van der Waals surface area contributed by atoms with E-state index in [4.69, 9.17) is 9.47 Å². The van der Waals surface area contributed by atoms with Crippen molar-refractivity contribution in [3.05, 3.63) is 60.2 Å². The Balaban J connectivity index is 1.70. The number of carbonyl (C=O) groups excluding carboxylic acids is 1. The first kappa shape index (κ1) is 15.6. The Labute approximate surface area is 135 Å². The van der Waals surface area contributed by atoms with Crippen molar-refractivity contribution in [3.63, 3.8) is 0 Å². The van der Waals surface area contributed by atoms with Crippen molar-refractivity contribution >= 4 is 5.97 Å². The Hall–Kier alpha value is -2.33. The van der Waals surface area contributed by atoms with Crippen molar-refractivity contribution in [1.29, 1.82) is 0 Å². The monoisotopic (exact) mass is 312 g/mol. The van der Waals surface area contributed by atoms with Crippen LogP contribution in [0.2, 0.25) is 0 Å². The SMILES string of the molecule is CCOC(=O)[C@H]1C[C@](O)(c2cccc(Oc3ccccc3)c2)C1. The number of aliphatic hydroxyl groups is 1. The predicted octanol–water partition coefficient (Wildman–Crippen LogP) is 3.64. The molecule has 0 heterocycles. The molecule has 0 spiro atoms. The summed E-state index contributed by atoms with van der Waals surface area (Å²) in [6.45, 7) is 2.15. The van der Waals surface area contributed by atoms with Crippen LogP contribution in [-0.2, 0) is 15.1 Å². The summed E-state index contributed by atoms with van der Waals surface area (Å²) in [5.41, 5.74) is -0.209. The van der Waals surface area contributed by atoms with E-state index in [9.17, 15) is 9.90 Å². The topological polar surface area (TPSA) is 55.8 Å². The molecule has 1 saturated carbocycles. The minimum absolute atomic E-state index is 0.223. The third-order valence-corrected chi connectivity index (χ3v) is 4.14. The third kappa shape index (κ3) is 3.37. The normalized spacial score (nSPS) is 23.0. The Morgan fingerprint density at radius 2 is 1.83 bits per heavy atom. The van der Waals surface area contributed by atoms with Gasteiger partial charge in [-0.25, -0.2) is 0 Å². The van der Waals surface area contributed by atoms with E-state index >= 15 is 0 Å². The van der Waals surface area contributed by atoms with Crippen LogP contribution >= 0.6 is 0 Å². The number of benzene rings is 2. The molecule has 1 aliphatic rings. The highest BCUT2D eigenvalue weighted by Gasteiger charge is 2.48. The van der Waals surface area contributed by atoms with E-state index in [-0.39, 0.29) is 11.9 Å². The molecular formula is C19H20O4. The molecule has 23 heavy (non-hydrogen) atoms. The van der Waals surface area contributed by atoms with Gasteiger partial charge in [-0.3, -0.25) is 4.79 Å². The fraction of sp³-hybridized carbons (Fsp3) is 0.316. The van der Waals surface area contributed by atoms with E-state index in [0.29, 0.717) is 25.2 Å². The van der Waals surface area contributed by atoms with Crippen LogP contribution < -0.4 is 4.74 Å². The highest BCUT2D eigenvalue weighted by Crippen LogP contribution is 2.46. The summed E-state index contributed by atoms with van der Waals surface area (Å²) in [4.78, 5) is 11.7. The lowest BCUT2D eigenvalue weighted by atomic mass is 9.67. The van der Waals surface area contributed by atoms with Crippen LogP contribution in [0.25, 0.3) is 0 Å². The summed E-state index contributed by atoms with van der Waals surface area (Å²) in [6, 6.07) is 16.9. The first-order chi connectivity index (χ1) is 11.1. The van der Waals surface area contributed by atoms with Crippen molar-refractivity contribution in [1.82, 2.24) is 0 Å². The standard InChI is InChI=1S/C19H20O4/c1-2-22-18(20)14-12-19(21,13-14)15-7-6-10-17(11-15)23-16-8-4-3-5-9-16/h3-11,14,21H,2,12-13H2,1H3/t14-,19+. The molecule has 0 bridgehead atoms. The molecule has 2 aromatic rings. The lowest BCUT2D eigenvalue weighted by molar-refractivity contribution is -0.165. The zero-order valence-corrected chi connectivity index (χ0v) is 13.1. The molecule has 4 nitrogen and oxygen atoms in total. The molecule has 0 aromatic heterocycles. The smallest absolute Gasteiger partial charge is 0.309 e. The van der Waals surface area contributed by atoms with Gasteiger partial charge in [-0.1, -0.05) is 30.3 Å². The van der Waals surface area contributed by atoms with Crippen LogP contribution in [0.3, 0.4) is 0 Å². The second kappa shape index (κ2) is 6.42. The summed E-state index contributed by atoms with van der Waals surface area (Å²) in [7, 11) is 0. The minimum atomic E-state index is -0.979. The molecular weight excluding hydrogens is 292 g/mol. The maximum absolute atomic E-state index is 11.7. The van der Waals surface area contributed by atoms with Gasteiger partial charge in [0.15, 0.2) is 0 Å². The van der Waals surface area contributed by atoms with Gasteiger partial charge in [-0.05, 0) is 49.6 Å². The molecule has 0 aliphatic heterocycles. The van der Waals surface area contributed by atoms with Crippen molar-refractivity contribution < 1.29 is 19.4 Å². The number of carbonyl (C=O) groups is 1. The summed E-state index contributed by atoms with van der Waals surface area (Å²) in [5, 5.41) is 10.7. The van der Waals surface area contributed by atoms with E-state index < -0.39 is 5.60 Å². The van der Waals surface area contributed by atoms with Crippen molar-refractivity contribution in [2.75, 3.05) is 6.61 Å². The average molecular weight is 312 g/mol. The molecule has 0 saturated heterocycles. The first-order valence-corrected chi connectivity index (χ1v) is 7.83. The quantitative estimate of drug-likeness (QED) is 0.856. The fourth-order valence-corrected chi connectivity index (χ4v) is 2.89. The van der Waals surface area contributed by atoms with E-state index in [1.165, 1.54) is 0 Å². The van der Waals surface area contributed by atoms with E-state index in [2.05, 4.69) is 0 Å². The van der Waals surface area contributed by atoms with Gasteiger partial charge in [0.1, 0.15) is 11.5 Å². The van der Waals surface area contributed by atoms with Gasteiger partial charge in [-0.15, -0.1) is 0 Å². The van der Waals surface area contributed by atoms with Crippen LogP contribution in [-0.4, -0.2) is 17.7 Å². The predicted molar refractivity (Wildman–Crippen MR) is 86.2 cm³/mol. The van der Waals surface area contributed by atoms with Crippen molar-refractivity contribution in [2.24, 2.45) is 5.92 Å². The lowest BCUT2D eigenvalue weighted by Crippen LogP contribution is -2.45. The second-order valence-electron chi connectivity index (χ2n) is 5.83. The molecule has 1 N–H and O–H groups in total. The Bertz CT molecular complexity index is 675. The number of esters is 1. The van der Waals surface area contributed by atoms with Crippen LogP contribution in [0, 0.1) is 5.92 Å². The van der Waals surface area contributed by atoms with Crippen LogP contribution in [0.15, 0.2) is 54.6 Å². The minimum Gasteiger partial charge on any atom is -0.466 e. The zero-order chi connectivity index (χ0) is 16.3. The van der Waals surface area contributed by atoms with E-state index in [1.807, 2.05) is 54.6 Å². The molecule has 4 heteroatoms. The Kier molecular flexibility index (Phi) is 4.35. The number of ether oxygens (including phenoxy) is 2. The van der Waals surface area contributed by atoms with E-state index in [1.54, 1.807) is 6.92 Å². The number of para-hydroxylation sites is 1. The number of hydrogen-bond donors (Lipinski definition) is 1. The molecule has 3 rings (SSSR count). The van der Waals surface area contributed by atoms with Gasteiger partial charge in [0.2, 0.25) is 0 Å². The van der Waals surface area contributed by atoms with Crippen molar-refractivity contribution in [3.8, 4) is 11.5 Å². The highest BCUT2D eigenvalue weighted by molar-refractivity contribution is 5.74.